The maximum absolute atomic E-state index is 13.1. The molecule has 1 atom stereocenters. The van der Waals surface area contributed by atoms with Gasteiger partial charge in [0.1, 0.15) is 5.82 Å². The first-order valence-corrected chi connectivity index (χ1v) is 5.77. The zero-order chi connectivity index (χ0) is 13.3. The highest BCUT2D eigenvalue weighted by Crippen LogP contribution is 2.19. The fourth-order valence-electron chi connectivity index (χ4n) is 2.11. The second kappa shape index (κ2) is 4.76. The van der Waals surface area contributed by atoms with Gasteiger partial charge in [-0.1, -0.05) is 0 Å². The van der Waals surface area contributed by atoms with Crippen molar-refractivity contribution in [2.75, 3.05) is 13.1 Å². The molecule has 1 aromatic carbocycles. The standard InChI is InChI=1S/C13H14FNO3/c1-8-6-9(2-3-11(8)14)12(16)15-5-4-10(7-15)13(17)18/h2-3,6,10H,4-5,7H2,1H3,(H,17,18)/t10-/m0/s1. The van der Waals surface area contributed by atoms with Gasteiger partial charge in [-0.05, 0) is 37.1 Å². The summed E-state index contributed by atoms with van der Waals surface area (Å²) in [5, 5.41) is 8.88. The Morgan fingerprint density at radius 3 is 2.72 bits per heavy atom. The first-order valence-electron chi connectivity index (χ1n) is 5.77. The normalized spacial score (nSPS) is 19.0. The number of benzene rings is 1. The van der Waals surface area contributed by atoms with Crippen molar-refractivity contribution in [2.45, 2.75) is 13.3 Å². The molecule has 1 aromatic rings. The average Bonchev–Trinajstić information content (AvgIpc) is 2.81. The largest absolute Gasteiger partial charge is 0.481 e. The molecular weight excluding hydrogens is 237 g/mol. The van der Waals surface area contributed by atoms with Gasteiger partial charge >= 0.3 is 5.97 Å². The van der Waals surface area contributed by atoms with E-state index in [-0.39, 0.29) is 18.3 Å². The highest BCUT2D eigenvalue weighted by molar-refractivity contribution is 5.95. The van der Waals surface area contributed by atoms with Crippen molar-refractivity contribution >= 4 is 11.9 Å². The van der Waals surface area contributed by atoms with E-state index >= 15 is 0 Å². The Kier molecular flexibility index (Phi) is 3.32. The van der Waals surface area contributed by atoms with Crippen LogP contribution in [0.3, 0.4) is 0 Å². The second-order valence-electron chi connectivity index (χ2n) is 4.54. The van der Waals surface area contributed by atoms with Crippen LogP contribution < -0.4 is 0 Å². The van der Waals surface area contributed by atoms with E-state index in [1.165, 1.54) is 23.1 Å². The molecule has 0 bridgehead atoms. The van der Waals surface area contributed by atoms with Crippen LogP contribution in [0.4, 0.5) is 4.39 Å². The van der Waals surface area contributed by atoms with Gasteiger partial charge in [0.15, 0.2) is 0 Å². The Morgan fingerprint density at radius 1 is 1.44 bits per heavy atom. The third-order valence-electron chi connectivity index (χ3n) is 3.23. The summed E-state index contributed by atoms with van der Waals surface area (Å²) in [5.41, 5.74) is 0.815. The van der Waals surface area contributed by atoms with Crippen LogP contribution in [0.1, 0.15) is 22.3 Å². The van der Waals surface area contributed by atoms with Crippen LogP contribution in [-0.2, 0) is 4.79 Å². The Balaban J connectivity index is 2.12. The molecule has 1 aliphatic rings. The van der Waals surface area contributed by atoms with Crippen LogP contribution in [0.2, 0.25) is 0 Å². The predicted molar refractivity (Wildman–Crippen MR) is 62.8 cm³/mol. The Morgan fingerprint density at radius 2 is 2.17 bits per heavy atom. The van der Waals surface area contributed by atoms with E-state index in [0.717, 1.165) is 0 Å². The molecule has 0 unspecified atom stereocenters. The molecule has 18 heavy (non-hydrogen) atoms. The third kappa shape index (κ3) is 2.34. The van der Waals surface area contributed by atoms with Crippen molar-refractivity contribution in [1.29, 1.82) is 0 Å². The number of hydrogen-bond donors (Lipinski definition) is 1. The van der Waals surface area contributed by atoms with Gasteiger partial charge in [0.05, 0.1) is 5.92 Å². The minimum Gasteiger partial charge on any atom is -0.481 e. The fraction of sp³-hybridized carbons (Fsp3) is 0.385. The number of rotatable bonds is 2. The molecule has 1 saturated heterocycles. The number of carboxylic acid groups (broad SMARTS) is 1. The zero-order valence-corrected chi connectivity index (χ0v) is 10.0. The number of carboxylic acids is 1. The first kappa shape index (κ1) is 12.5. The number of aliphatic carboxylic acids is 1. The quantitative estimate of drug-likeness (QED) is 0.870. The average molecular weight is 251 g/mol. The van der Waals surface area contributed by atoms with Gasteiger partial charge in [0.25, 0.3) is 5.91 Å². The van der Waals surface area contributed by atoms with Crippen molar-refractivity contribution in [1.82, 2.24) is 4.90 Å². The molecule has 0 aromatic heterocycles. The van der Waals surface area contributed by atoms with E-state index < -0.39 is 11.9 Å². The summed E-state index contributed by atoms with van der Waals surface area (Å²) in [6, 6.07) is 4.18. The Hall–Kier alpha value is -1.91. The van der Waals surface area contributed by atoms with Crippen molar-refractivity contribution in [3.05, 3.63) is 35.1 Å². The Bertz CT molecular complexity index is 501. The van der Waals surface area contributed by atoms with Gasteiger partial charge in [0.2, 0.25) is 0 Å². The fourth-order valence-corrected chi connectivity index (χ4v) is 2.11. The lowest BCUT2D eigenvalue weighted by Crippen LogP contribution is -2.30. The van der Waals surface area contributed by atoms with E-state index in [1.54, 1.807) is 6.92 Å². The predicted octanol–water partition coefficient (Wildman–Crippen LogP) is 1.68. The molecule has 1 N–H and O–H groups in total. The molecule has 4 nitrogen and oxygen atoms in total. The number of carbonyl (C=O) groups excluding carboxylic acids is 1. The minimum atomic E-state index is -0.874. The topological polar surface area (TPSA) is 57.6 Å². The van der Waals surface area contributed by atoms with Crippen molar-refractivity contribution < 1.29 is 19.1 Å². The second-order valence-corrected chi connectivity index (χ2v) is 4.54. The monoisotopic (exact) mass is 251 g/mol. The minimum absolute atomic E-state index is 0.227. The first-order chi connectivity index (χ1) is 8.49. The molecule has 0 saturated carbocycles. The number of likely N-dealkylation sites (tertiary alicyclic amines) is 1. The lowest BCUT2D eigenvalue weighted by Gasteiger charge is -2.16. The molecule has 0 radical (unpaired) electrons. The molecule has 96 valence electrons. The Labute approximate surface area is 104 Å². The van der Waals surface area contributed by atoms with E-state index in [1.807, 2.05) is 0 Å². The van der Waals surface area contributed by atoms with Crippen LogP contribution in [0.15, 0.2) is 18.2 Å². The number of nitrogens with zero attached hydrogens (tertiary/aromatic N) is 1. The number of hydrogen-bond acceptors (Lipinski definition) is 2. The molecule has 1 heterocycles. The van der Waals surface area contributed by atoms with Crippen LogP contribution in [0.5, 0.6) is 0 Å². The summed E-state index contributed by atoms with van der Waals surface area (Å²) in [6.07, 6.45) is 0.473. The summed E-state index contributed by atoms with van der Waals surface area (Å²) in [7, 11) is 0. The molecule has 0 aliphatic carbocycles. The summed E-state index contributed by atoms with van der Waals surface area (Å²) in [6.45, 7) is 2.26. The molecule has 1 fully saturated rings. The van der Waals surface area contributed by atoms with Crippen LogP contribution in [-0.4, -0.2) is 35.0 Å². The number of halogens is 1. The summed E-state index contributed by atoms with van der Waals surface area (Å²) >= 11 is 0. The maximum Gasteiger partial charge on any atom is 0.308 e. The molecular formula is C13H14FNO3. The third-order valence-corrected chi connectivity index (χ3v) is 3.23. The molecule has 2 rings (SSSR count). The summed E-state index contributed by atoms with van der Waals surface area (Å²) < 4.78 is 13.1. The van der Waals surface area contributed by atoms with Gasteiger partial charge in [-0.15, -0.1) is 0 Å². The smallest absolute Gasteiger partial charge is 0.308 e. The van der Waals surface area contributed by atoms with Gasteiger partial charge in [-0.25, -0.2) is 4.39 Å². The molecule has 1 amide bonds. The maximum atomic E-state index is 13.1. The molecule has 1 aliphatic heterocycles. The van der Waals surface area contributed by atoms with Gasteiger partial charge in [-0.2, -0.15) is 0 Å². The van der Waals surface area contributed by atoms with E-state index in [4.69, 9.17) is 5.11 Å². The van der Waals surface area contributed by atoms with Crippen LogP contribution in [0, 0.1) is 18.7 Å². The number of amides is 1. The lowest BCUT2D eigenvalue weighted by molar-refractivity contribution is -0.141. The van der Waals surface area contributed by atoms with E-state index in [9.17, 15) is 14.0 Å². The lowest BCUT2D eigenvalue weighted by atomic mass is 10.1. The zero-order valence-electron chi connectivity index (χ0n) is 10.0. The summed E-state index contributed by atoms with van der Waals surface area (Å²) in [4.78, 5) is 24.4. The van der Waals surface area contributed by atoms with E-state index in [2.05, 4.69) is 0 Å². The van der Waals surface area contributed by atoms with Crippen molar-refractivity contribution in [3.8, 4) is 0 Å². The van der Waals surface area contributed by atoms with Gasteiger partial charge < -0.3 is 10.0 Å². The SMILES string of the molecule is Cc1cc(C(=O)N2CC[C@H](C(=O)O)C2)ccc1F. The summed E-state index contributed by atoms with van der Waals surface area (Å²) in [5.74, 6) is -1.95. The van der Waals surface area contributed by atoms with Gasteiger partial charge in [0, 0.05) is 18.7 Å². The molecule has 5 heteroatoms. The van der Waals surface area contributed by atoms with Crippen molar-refractivity contribution in [2.24, 2.45) is 5.92 Å². The van der Waals surface area contributed by atoms with E-state index in [0.29, 0.717) is 24.1 Å². The highest BCUT2D eigenvalue weighted by Gasteiger charge is 2.31. The highest BCUT2D eigenvalue weighted by atomic mass is 19.1. The van der Waals surface area contributed by atoms with Crippen LogP contribution in [0.25, 0.3) is 0 Å². The molecule has 0 spiro atoms. The van der Waals surface area contributed by atoms with Crippen LogP contribution >= 0.6 is 0 Å². The van der Waals surface area contributed by atoms with Crippen molar-refractivity contribution in [3.63, 3.8) is 0 Å². The number of carbonyl (C=O) groups is 2. The number of aryl methyl sites for hydroxylation is 1. The van der Waals surface area contributed by atoms with Gasteiger partial charge in [-0.3, -0.25) is 9.59 Å².